The van der Waals surface area contributed by atoms with Gasteiger partial charge in [-0.2, -0.15) is 4.80 Å². The lowest BCUT2D eigenvalue weighted by Crippen LogP contribution is -2.09. The summed E-state index contributed by atoms with van der Waals surface area (Å²) in [5.74, 6) is 0.756. The van der Waals surface area contributed by atoms with Crippen molar-refractivity contribution in [2.45, 2.75) is 13.3 Å². The summed E-state index contributed by atoms with van der Waals surface area (Å²) >= 11 is 0. The van der Waals surface area contributed by atoms with Gasteiger partial charge in [0.15, 0.2) is 0 Å². The third-order valence-electron chi connectivity index (χ3n) is 3.29. The van der Waals surface area contributed by atoms with Crippen LogP contribution in [0, 0.1) is 0 Å². The van der Waals surface area contributed by atoms with E-state index in [1.165, 1.54) is 0 Å². The smallest absolute Gasteiger partial charge is 0.224 e. The quantitative estimate of drug-likeness (QED) is 0.803. The van der Waals surface area contributed by atoms with Crippen molar-refractivity contribution in [2.75, 3.05) is 12.4 Å². The van der Waals surface area contributed by atoms with Gasteiger partial charge < -0.3 is 10.1 Å². The zero-order chi connectivity index (χ0) is 15.5. The van der Waals surface area contributed by atoms with Gasteiger partial charge in [0.05, 0.1) is 12.8 Å². The molecule has 0 fully saturated rings. The molecule has 1 heterocycles. The summed E-state index contributed by atoms with van der Waals surface area (Å²) in [5.41, 5.74) is 3.06. The lowest BCUT2D eigenvalue weighted by atomic mass is 10.2. The molecule has 1 amide bonds. The van der Waals surface area contributed by atoms with Crippen LogP contribution in [0.25, 0.3) is 16.7 Å². The van der Waals surface area contributed by atoms with Gasteiger partial charge in [0.25, 0.3) is 0 Å². The molecule has 0 saturated heterocycles. The fourth-order valence-corrected chi connectivity index (χ4v) is 2.07. The van der Waals surface area contributed by atoms with Gasteiger partial charge in [-0.3, -0.25) is 4.79 Å². The van der Waals surface area contributed by atoms with Gasteiger partial charge in [-0.25, -0.2) is 0 Å². The summed E-state index contributed by atoms with van der Waals surface area (Å²) < 4.78 is 5.14. The average Bonchev–Trinajstić information content (AvgIpc) is 2.98. The first kappa shape index (κ1) is 14.1. The highest BCUT2D eigenvalue weighted by molar-refractivity contribution is 5.92. The summed E-state index contributed by atoms with van der Waals surface area (Å²) in [4.78, 5) is 13.0. The van der Waals surface area contributed by atoms with E-state index in [9.17, 15) is 4.79 Å². The lowest BCUT2D eigenvalue weighted by Gasteiger charge is -2.01. The first-order chi connectivity index (χ1) is 10.7. The Labute approximate surface area is 127 Å². The van der Waals surface area contributed by atoms with Gasteiger partial charge in [-0.15, -0.1) is 10.2 Å². The largest absolute Gasteiger partial charge is 0.497 e. The van der Waals surface area contributed by atoms with Crippen LogP contribution >= 0.6 is 0 Å². The number of ether oxygens (including phenoxy) is 1. The van der Waals surface area contributed by atoms with Crippen molar-refractivity contribution in [1.29, 1.82) is 0 Å². The van der Waals surface area contributed by atoms with E-state index < -0.39 is 0 Å². The Balaban J connectivity index is 1.93. The van der Waals surface area contributed by atoms with Crippen LogP contribution in [0.2, 0.25) is 0 Å². The molecule has 2 aromatic carbocycles. The molecule has 0 bridgehead atoms. The van der Waals surface area contributed by atoms with Crippen molar-refractivity contribution >= 4 is 22.6 Å². The molecule has 6 nitrogen and oxygen atoms in total. The van der Waals surface area contributed by atoms with E-state index in [-0.39, 0.29) is 5.91 Å². The lowest BCUT2D eigenvalue weighted by molar-refractivity contribution is -0.115. The van der Waals surface area contributed by atoms with E-state index in [1.54, 1.807) is 11.9 Å². The van der Waals surface area contributed by atoms with Crippen molar-refractivity contribution in [3.05, 3.63) is 42.5 Å². The molecule has 112 valence electrons. The average molecular weight is 296 g/mol. The summed E-state index contributed by atoms with van der Waals surface area (Å²) in [6.07, 6.45) is 0.441. The first-order valence-corrected chi connectivity index (χ1v) is 7.01. The Morgan fingerprint density at radius 3 is 2.55 bits per heavy atom. The molecule has 6 heteroatoms. The summed E-state index contributed by atoms with van der Waals surface area (Å²) in [6.45, 7) is 1.81. The molecular formula is C16H16N4O2. The first-order valence-electron chi connectivity index (χ1n) is 7.01. The Morgan fingerprint density at radius 2 is 1.86 bits per heavy atom. The maximum Gasteiger partial charge on any atom is 0.224 e. The van der Waals surface area contributed by atoms with Crippen molar-refractivity contribution in [3.63, 3.8) is 0 Å². The minimum Gasteiger partial charge on any atom is -0.497 e. The highest BCUT2D eigenvalue weighted by Crippen LogP contribution is 2.19. The van der Waals surface area contributed by atoms with Gasteiger partial charge in [-0.1, -0.05) is 6.92 Å². The topological polar surface area (TPSA) is 69.0 Å². The Morgan fingerprint density at radius 1 is 1.14 bits per heavy atom. The molecule has 0 aliphatic carbocycles. The molecule has 1 aromatic heterocycles. The van der Waals surface area contributed by atoms with Gasteiger partial charge in [0.2, 0.25) is 5.91 Å². The van der Waals surface area contributed by atoms with Crippen molar-refractivity contribution in [1.82, 2.24) is 15.0 Å². The molecular weight excluding hydrogens is 280 g/mol. The second-order valence-corrected chi connectivity index (χ2v) is 4.79. The van der Waals surface area contributed by atoms with Gasteiger partial charge in [0, 0.05) is 12.1 Å². The minimum absolute atomic E-state index is 0.0260. The monoisotopic (exact) mass is 296 g/mol. The van der Waals surface area contributed by atoms with Gasteiger partial charge in [-0.05, 0) is 42.5 Å². The van der Waals surface area contributed by atoms with Crippen LogP contribution in [-0.2, 0) is 4.79 Å². The summed E-state index contributed by atoms with van der Waals surface area (Å²) in [6, 6.07) is 13.0. The highest BCUT2D eigenvalue weighted by atomic mass is 16.5. The van der Waals surface area contributed by atoms with Crippen LogP contribution in [0.5, 0.6) is 5.75 Å². The zero-order valence-corrected chi connectivity index (χ0v) is 12.4. The molecule has 0 saturated carbocycles. The third-order valence-corrected chi connectivity index (χ3v) is 3.29. The summed E-state index contributed by atoms with van der Waals surface area (Å²) in [7, 11) is 1.63. The van der Waals surface area contributed by atoms with Gasteiger partial charge in [0.1, 0.15) is 16.8 Å². The number of rotatable bonds is 4. The van der Waals surface area contributed by atoms with Crippen molar-refractivity contribution < 1.29 is 9.53 Å². The molecule has 0 radical (unpaired) electrons. The van der Waals surface area contributed by atoms with Crippen LogP contribution < -0.4 is 10.1 Å². The third kappa shape index (κ3) is 2.76. The number of hydrogen-bond donors (Lipinski definition) is 1. The Hall–Kier alpha value is -2.89. The molecule has 0 unspecified atom stereocenters. The second kappa shape index (κ2) is 5.85. The standard InChI is InChI=1S/C16H16N4O2/c1-3-16(21)17-11-4-9-14-15(10-11)19-20(18-14)12-5-7-13(22-2)8-6-12/h4-10H,3H2,1-2H3,(H,17,21). The molecule has 3 rings (SSSR count). The van der Waals surface area contributed by atoms with Crippen LogP contribution in [0.15, 0.2) is 42.5 Å². The Kier molecular flexibility index (Phi) is 3.74. The van der Waals surface area contributed by atoms with Crippen LogP contribution in [0.1, 0.15) is 13.3 Å². The maximum atomic E-state index is 11.4. The molecule has 0 aliphatic heterocycles. The van der Waals surface area contributed by atoms with E-state index in [2.05, 4.69) is 15.5 Å². The van der Waals surface area contributed by atoms with E-state index in [0.717, 1.165) is 28.2 Å². The van der Waals surface area contributed by atoms with Gasteiger partial charge >= 0.3 is 0 Å². The predicted octanol–water partition coefficient (Wildman–Crippen LogP) is 2.78. The fourth-order valence-electron chi connectivity index (χ4n) is 2.07. The molecule has 0 aliphatic rings. The van der Waals surface area contributed by atoms with E-state index in [0.29, 0.717) is 6.42 Å². The number of nitrogens with zero attached hydrogens (tertiary/aromatic N) is 3. The minimum atomic E-state index is -0.0260. The molecule has 0 spiro atoms. The number of aromatic nitrogens is 3. The van der Waals surface area contributed by atoms with Crippen LogP contribution in [-0.4, -0.2) is 28.0 Å². The van der Waals surface area contributed by atoms with Crippen molar-refractivity contribution in [3.8, 4) is 11.4 Å². The normalized spacial score (nSPS) is 10.6. The number of carbonyl (C=O) groups is 1. The number of carbonyl (C=O) groups excluding carboxylic acids is 1. The molecule has 22 heavy (non-hydrogen) atoms. The SMILES string of the molecule is CCC(=O)Nc1ccc2nn(-c3ccc(OC)cc3)nc2c1. The molecule has 0 atom stereocenters. The molecule has 3 aromatic rings. The number of methoxy groups -OCH3 is 1. The van der Waals surface area contributed by atoms with Crippen LogP contribution in [0.4, 0.5) is 5.69 Å². The number of benzene rings is 2. The number of amides is 1. The number of nitrogens with one attached hydrogen (secondary N) is 1. The number of anilines is 1. The van der Waals surface area contributed by atoms with Crippen molar-refractivity contribution in [2.24, 2.45) is 0 Å². The highest BCUT2D eigenvalue weighted by Gasteiger charge is 2.07. The van der Waals surface area contributed by atoms with E-state index >= 15 is 0 Å². The summed E-state index contributed by atoms with van der Waals surface area (Å²) in [5, 5.41) is 11.7. The predicted molar refractivity (Wildman–Crippen MR) is 84.3 cm³/mol. The van der Waals surface area contributed by atoms with E-state index in [4.69, 9.17) is 4.74 Å². The van der Waals surface area contributed by atoms with Crippen LogP contribution in [0.3, 0.4) is 0 Å². The zero-order valence-electron chi connectivity index (χ0n) is 12.4. The Bertz CT molecular complexity index is 809. The number of hydrogen-bond acceptors (Lipinski definition) is 4. The second-order valence-electron chi connectivity index (χ2n) is 4.79. The maximum absolute atomic E-state index is 11.4. The van der Waals surface area contributed by atoms with E-state index in [1.807, 2.05) is 49.4 Å². The number of fused-ring (bicyclic) bond motifs is 1. The fraction of sp³-hybridized carbons (Fsp3) is 0.188. The molecule has 1 N–H and O–H groups in total.